The minimum Gasteiger partial charge on any atom is -0.298 e. The van der Waals surface area contributed by atoms with Gasteiger partial charge in [-0.15, -0.1) is 0 Å². The molecule has 19 heavy (non-hydrogen) atoms. The fraction of sp³-hybridized carbons (Fsp3) is 0.133. The van der Waals surface area contributed by atoms with E-state index in [1.54, 1.807) is 18.1 Å². The lowest BCUT2D eigenvalue weighted by atomic mass is 10.0. The maximum Gasteiger partial charge on any atom is 0.249 e. The maximum atomic E-state index is 11.9. The lowest BCUT2D eigenvalue weighted by Crippen LogP contribution is -2.28. The molecule has 0 radical (unpaired) electrons. The zero-order valence-electron chi connectivity index (χ0n) is 10.6. The van der Waals surface area contributed by atoms with Crippen LogP contribution in [0.25, 0.3) is 0 Å². The molecule has 0 atom stereocenters. The van der Waals surface area contributed by atoms with E-state index in [2.05, 4.69) is 9.98 Å². The Hall–Kier alpha value is -2.49. The fourth-order valence-electron chi connectivity index (χ4n) is 2.15. The highest BCUT2D eigenvalue weighted by molar-refractivity contribution is 6.18. The standard InChI is InChI=1S/C15H13N3O/c1-18-13(19)10-17-14(11-6-3-2-4-7-11)12-8-5-9-16-15(12)18/h2-9H,10H2,1H3. The quantitative estimate of drug-likeness (QED) is 0.777. The van der Waals surface area contributed by atoms with Gasteiger partial charge in [0.15, 0.2) is 0 Å². The average molecular weight is 251 g/mol. The second-order valence-corrected chi connectivity index (χ2v) is 4.36. The van der Waals surface area contributed by atoms with Crippen LogP contribution in [-0.4, -0.2) is 30.2 Å². The van der Waals surface area contributed by atoms with Gasteiger partial charge in [-0.3, -0.25) is 14.7 Å². The van der Waals surface area contributed by atoms with Crippen molar-refractivity contribution in [1.82, 2.24) is 4.98 Å². The highest BCUT2D eigenvalue weighted by Gasteiger charge is 2.22. The van der Waals surface area contributed by atoms with E-state index in [0.29, 0.717) is 5.82 Å². The summed E-state index contributed by atoms with van der Waals surface area (Å²) < 4.78 is 0. The molecule has 2 heterocycles. The van der Waals surface area contributed by atoms with Gasteiger partial charge in [0.25, 0.3) is 0 Å². The molecule has 0 saturated heterocycles. The van der Waals surface area contributed by atoms with Crippen molar-refractivity contribution in [2.45, 2.75) is 0 Å². The Morgan fingerprint density at radius 3 is 2.68 bits per heavy atom. The van der Waals surface area contributed by atoms with E-state index < -0.39 is 0 Å². The molecule has 4 nitrogen and oxygen atoms in total. The number of hydrogen-bond donors (Lipinski definition) is 0. The summed E-state index contributed by atoms with van der Waals surface area (Å²) in [7, 11) is 1.73. The first kappa shape index (κ1) is 11.6. The number of carbonyl (C=O) groups is 1. The molecule has 0 unspecified atom stereocenters. The molecule has 3 rings (SSSR count). The van der Waals surface area contributed by atoms with Crippen molar-refractivity contribution in [3.63, 3.8) is 0 Å². The summed E-state index contributed by atoms with van der Waals surface area (Å²) in [4.78, 5) is 22.3. The first-order valence-corrected chi connectivity index (χ1v) is 6.09. The first-order chi connectivity index (χ1) is 9.27. The molecule has 0 N–H and O–H groups in total. The van der Waals surface area contributed by atoms with Gasteiger partial charge in [-0.25, -0.2) is 4.98 Å². The van der Waals surface area contributed by atoms with Crippen molar-refractivity contribution in [2.75, 3.05) is 18.5 Å². The van der Waals surface area contributed by atoms with Crippen LogP contribution in [0.5, 0.6) is 0 Å². The van der Waals surface area contributed by atoms with Crippen molar-refractivity contribution < 1.29 is 4.79 Å². The summed E-state index contributed by atoms with van der Waals surface area (Å²) in [6.45, 7) is 0.150. The third-order valence-electron chi connectivity index (χ3n) is 3.15. The number of nitrogens with zero attached hydrogens (tertiary/aromatic N) is 3. The van der Waals surface area contributed by atoms with Crippen molar-refractivity contribution >= 4 is 17.4 Å². The Kier molecular flexibility index (Phi) is 2.83. The van der Waals surface area contributed by atoms with Gasteiger partial charge in [-0.05, 0) is 12.1 Å². The molecule has 1 aromatic heterocycles. The first-order valence-electron chi connectivity index (χ1n) is 6.09. The number of anilines is 1. The predicted octanol–water partition coefficient (Wildman–Crippen LogP) is 1.90. The van der Waals surface area contributed by atoms with Gasteiger partial charge in [0.1, 0.15) is 12.4 Å². The van der Waals surface area contributed by atoms with Crippen molar-refractivity contribution in [3.8, 4) is 0 Å². The molecule has 4 heteroatoms. The largest absolute Gasteiger partial charge is 0.298 e. The molecular weight excluding hydrogens is 238 g/mol. The number of pyridine rings is 1. The normalized spacial score (nSPS) is 14.7. The fourth-order valence-corrected chi connectivity index (χ4v) is 2.15. The van der Waals surface area contributed by atoms with Crippen LogP contribution in [0.1, 0.15) is 11.1 Å². The topological polar surface area (TPSA) is 45.6 Å². The number of hydrogen-bond acceptors (Lipinski definition) is 3. The van der Waals surface area contributed by atoms with Crippen molar-refractivity contribution in [3.05, 3.63) is 59.8 Å². The maximum absolute atomic E-state index is 11.9. The number of aromatic nitrogens is 1. The number of likely N-dealkylation sites (N-methyl/N-ethyl adjacent to an activating group) is 1. The molecule has 0 aliphatic carbocycles. The molecular formula is C15H13N3O. The Morgan fingerprint density at radius 1 is 1.11 bits per heavy atom. The zero-order chi connectivity index (χ0) is 13.2. The third kappa shape index (κ3) is 2.01. The van der Waals surface area contributed by atoms with Gasteiger partial charge in [0.05, 0.1) is 5.71 Å². The van der Waals surface area contributed by atoms with Crippen LogP contribution < -0.4 is 4.90 Å². The smallest absolute Gasteiger partial charge is 0.249 e. The molecule has 1 amide bonds. The number of aliphatic imine (C=N–C) groups is 1. The number of benzene rings is 1. The Morgan fingerprint density at radius 2 is 1.89 bits per heavy atom. The van der Waals surface area contributed by atoms with Gasteiger partial charge in [0.2, 0.25) is 5.91 Å². The molecule has 0 spiro atoms. The Labute approximate surface area is 111 Å². The van der Waals surface area contributed by atoms with Gasteiger partial charge in [-0.1, -0.05) is 30.3 Å². The van der Waals surface area contributed by atoms with Gasteiger partial charge in [0, 0.05) is 24.4 Å². The molecule has 0 bridgehead atoms. The van der Waals surface area contributed by atoms with Gasteiger partial charge >= 0.3 is 0 Å². The minimum absolute atomic E-state index is 0.0501. The molecule has 1 aliphatic rings. The Balaban J connectivity index is 2.20. The number of rotatable bonds is 1. The SMILES string of the molecule is CN1C(=O)CN=C(c2ccccc2)c2cccnc21. The lowest BCUT2D eigenvalue weighted by molar-refractivity contribution is -0.116. The van der Waals surface area contributed by atoms with Gasteiger partial charge < -0.3 is 0 Å². The summed E-state index contributed by atoms with van der Waals surface area (Å²) in [5.41, 5.74) is 2.71. The number of fused-ring (bicyclic) bond motifs is 1. The van der Waals surface area contributed by atoms with E-state index >= 15 is 0 Å². The van der Waals surface area contributed by atoms with E-state index in [4.69, 9.17) is 0 Å². The van der Waals surface area contributed by atoms with Crippen LogP contribution in [0.15, 0.2) is 53.7 Å². The van der Waals surface area contributed by atoms with Crippen LogP contribution in [0, 0.1) is 0 Å². The van der Waals surface area contributed by atoms with Crippen LogP contribution in [0.2, 0.25) is 0 Å². The minimum atomic E-state index is -0.0501. The number of amides is 1. The summed E-state index contributed by atoms with van der Waals surface area (Å²) in [6, 6.07) is 13.7. The lowest BCUT2D eigenvalue weighted by Gasteiger charge is -2.15. The van der Waals surface area contributed by atoms with E-state index in [-0.39, 0.29) is 12.5 Å². The van der Waals surface area contributed by atoms with E-state index in [1.165, 1.54) is 0 Å². The van der Waals surface area contributed by atoms with Crippen molar-refractivity contribution in [1.29, 1.82) is 0 Å². The highest BCUT2D eigenvalue weighted by atomic mass is 16.2. The van der Waals surface area contributed by atoms with Crippen LogP contribution >= 0.6 is 0 Å². The van der Waals surface area contributed by atoms with E-state index in [0.717, 1.165) is 16.8 Å². The summed E-state index contributed by atoms with van der Waals surface area (Å²) in [6.07, 6.45) is 1.69. The predicted molar refractivity (Wildman–Crippen MR) is 74.6 cm³/mol. The second kappa shape index (κ2) is 4.65. The second-order valence-electron chi connectivity index (χ2n) is 4.36. The summed E-state index contributed by atoms with van der Waals surface area (Å²) >= 11 is 0. The molecule has 0 saturated carbocycles. The molecule has 1 aromatic carbocycles. The molecule has 0 fully saturated rings. The molecule has 2 aromatic rings. The summed E-state index contributed by atoms with van der Waals surface area (Å²) in [5.74, 6) is 0.610. The van der Waals surface area contributed by atoms with E-state index in [9.17, 15) is 4.79 Å². The van der Waals surface area contributed by atoms with Gasteiger partial charge in [-0.2, -0.15) is 0 Å². The van der Waals surface area contributed by atoms with Crippen LogP contribution in [0.3, 0.4) is 0 Å². The molecule has 1 aliphatic heterocycles. The van der Waals surface area contributed by atoms with Crippen molar-refractivity contribution in [2.24, 2.45) is 4.99 Å². The van der Waals surface area contributed by atoms with E-state index in [1.807, 2.05) is 42.5 Å². The average Bonchev–Trinajstić information content (AvgIpc) is 2.59. The van der Waals surface area contributed by atoms with Crippen LogP contribution in [0.4, 0.5) is 5.82 Å². The monoisotopic (exact) mass is 251 g/mol. The Bertz CT molecular complexity index is 649. The zero-order valence-corrected chi connectivity index (χ0v) is 10.6. The molecule has 94 valence electrons. The van der Waals surface area contributed by atoms with Crippen LogP contribution in [-0.2, 0) is 4.79 Å². The highest BCUT2D eigenvalue weighted by Crippen LogP contribution is 2.23. The number of carbonyl (C=O) groups excluding carboxylic acids is 1. The summed E-state index contributed by atoms with van der Waals surface area (Å²) in [5, 5.41) is 0. The third-order valence-corrected chi connectivity index (χ3v) is 3.15.